The number of piperidine rings is 1. The van der Waals surface area contributed by atoms with Crippen molar-refractivity contribution < 1.29 is 4.74 Å². The van der Waals surface area contributed by atoms with Crippen molar-refractivity contribution in [3.63, 3.8) is 0 Å². The molecule has 0 atom stereocenters. The largest absolute Gasteiger partial charge is 0.493 e. The molecule has 0 bridgehead atoms. The maximum Gasteiger partial charge on any atom is 0.121 e. The summed E-state index contributed by atoms with van der Waals surface area (Å²) >= 11 is 0. The van der Waals surface area contributed by atoms with Crippen molar-refractivity contribution in [3.8, 4) is 5.75 Å². The molecule has 2 heterocycles. The van der Waals surface area contributed by atoms with Gasteiger partial charge in [0.15, 0.2) is 0 Å². The van der Waals surface area contributed by atoms with Crippen LogP contribution in [0.5, 0.6) is 5.75 Å². The quantitative estimate of drug-likeness (QED) is 0.784. The number of hydrogen-bond acceptors (Lipinski definition) is 4. The van der Waals surface area contributed by atoms with Crippen molar-refractivity contribution in [2.24, 2.45) is 0 Å². The molecule has 20 heavy (non-hydrogen) atoms. The monoisotopic (exact) mass is 271 g/mol. The molecule has 4 nitrogen and oxygen atoms in total. The predicted molar refractivity (Wildman–Crippen MR) is 79.9 cm³/mol. The zero-order valence-electron chi connectivity index (χ0n) is 11.8. The summed E-state index contributed by atoms with van der Waals surface area (Å²) in [6.07, 6.45) is 8.58. The third kappa shape index (κ3) is 3.45. The van der Waals surface area contributed by atoms with Crippen LogP contribution >= 0.6 is 0 Å². The first-order valence-electron chi connectivity index (χ1n) is 7.47. The Morgan fingerprint density at radius 1 is 1.15 bits per heavy atom. The van der Waals surface area contributed by atoms with Crippen molar-refractivity contribution >= 4 is 10.9 Å². The molecule has 1 aromatic carbocycles. The molecule has 2 aromatic rings. The van der Waals surface area contributed by atoms with E-state index in [9.17, 15) is 0 Å². The molecule has 1 aromatic heterocycles. The molecular weight excluding hydrogens is 250 g/mol. The van der Waals surface area contributed by atoms with E-state index in [0.717, 1.165) is 36.2 Å². The van der Waals surface area contributed by atoms with Gasteiger partial charge in [0.1, 0.15) is 12.1 Å². The van der Waals surface area contributed by atoms with Crippen molar-refractivity contribution in [1.82, 2.24) is 14.9 Å². The third-order valence-corrected chi connectivity index (χ3v) is 3.82. The van der Waals surface area contributed by atoms with E-state index in [1.54, 1.807) is 6.33 Å². The smallest absolute Gasteiger partial charge is 0.121 e. The van der Waals surface area contributed by atoms with E-state index in [0.29, 0.717) is 0 Å². The summed E-state index contributed by atoms with van der Waals surface area (Å²) in [6.45, 7) is 4.43. The minimum Gasteiger partial charge on any atom is -0.493 e. The second-order valence-corrected chi connectivity index (χ2v) is 5.35. The van der Waals surface area contributed by atoms with E-state index in [4.69, 9.17) is 4.74 Å². The standard InChI is InChI=1S/C16H21N3O/c1-2-7-19(8-3-1)9-4-10-20-15-6-5-14-12-17-13-18-16(14)11-15/h5-6,11-13H,1-4,7-10H2. The predicted octanol–water partition coefficient (Wildman–Crippen LogP) is 2.88. The van der Waals surface area contributed by atoms with Gasteiger partial charge in [-0.25, -0.2) is 9.97 Å². The van der Waals surface area contributed by atoms with Gasteiger partial charge in [-0.15, -0.1) is 0 Å². The van der Waals surface area contributed by atoms with Gasteiger partial charge >= 0.3 is 0 Å². The van der Waals surface area contributed by atoms with Crippen molar-refractivity contribution in [2.75, 3.05) is 26.2 Å². The second kappa shape index (κ2) is 6.66. The van der Waals surface area contributed by atoms with Crippen LogP contribution in [0, 0.1) is 0 Å². The highest BCUT2D eigenvalue weighted by Gasteiger charge is 2.09. The molecule has 4 heteroatoms. The SMILES string of the molecule is c1ncc2ccc(OCCCN3CCCCC3)cc2n1. The average Bonchev–Trinajstić information content (AvgIpc) is 2.52. The fourth-order valence-electron chi connectivity index (χ4n) is 2.70. The van der Waals surface area contributed by atoms with Gasteiger partial charge in [0.05, 0.1) is 12.1 Å². The van der Waals surface area contributed by atoms with Crippen LogP contribution in [0.3, 0.4) is 0 Å². The Hall–Kier alpha value is -1.68. The van der Waals surface area contributed by atoms with Crippen LogP contribution in [0.25, 0.3) is 10.9 Å². The Kier molecular flexibility index (Phi) is 4.43. The van der Waals surface area contributed by atoms with Crippen LogP contribution in [0.4, 0.5) is 0 Å². The number of benzene rings is 1. The highest BCUT2D eigenvalue weighted by molar-refractivity contribution is 5.78. The van der Waals surface area contributed by atoms with Gasteiger partial charge in [-0.3, -0.25) is 0 Å². The van der Waals surface area contributed by atoms with Gasteiger partial charge in [0, 0.05) is 24.2 Å². The summed E-state index contributed by atoms with van der Waals surface area (Å²) in [5, 5.41) is 1.05. The van der Waals surface area contributed by atoms with Gasteiger partial charge in [0.25, 0.3) is 0 Å². The fourth-order valence-corrected chi connectivity index (χ4v) is 2.70. The average molecular weight is 271 g/mol. The molecule has 0 saturated carbocycles. The first-order valence-corrected chi connectivity index (χ1v) is 7.47. The van der Waals surface area contributed by atoms with Gasteiger partial charge in [0.2, 0.25) is 0 Å². The normalized spacial score (nSPS) is 16.4. The molecule has 1 saturated heterocycles. The second-order valence-electron chi connectivity index (χ2n) is 5.35. The zero-order valence-corrected chi connectivity index (χ0v) is 11.8. The first kappa shape index (κ1) is 13.3. The van der Waals surface area contributed by atoms with E-state index in [-0.39, 0.29) is 0 Å². The van der Waals surface area contributed by atoms with Crippen LogP contribution in [0.2, 0.25) is 0 Å². The van der Waals surface area contributed by atoms with Crippen LogP contribution in [-0.2, 0) is 0 Å². The minimum absolute atomic E-state index is 0.771. The molecular formula is C16H21N3O. The fraction of sp³-hybridized carbons (Fsp3) is 0.500. The molecule has 0 unspecified atom stereocenters. The molecule has 0 radical (unpaired) electrons. The molecule has 1 aliphatic heterocycles. The Morgan fingerprint density at radius 3 is 2.95 bits per heavy atom. The van der Waals surface area contributed by atoms with E-state index in [1.165, 1.54) is 32.4 Å². The lowest BCUT2D eigenvalue weighted by Crippen LogP contribution is -2.31. The molecule has 0 amide bonds. The van der Waals surface area contributed by atoms with Crippen LogP contribution in [0.15, 0.2) is 30.7 Å². The maximum atomic E-state index is 5.82. The summed E-state index contributed by atoms with van der Waals surface area (Å²) in [4.78, 5) is 10.8. The molecule has 1 fully saturated rings. The lowest BCUT2D eigenvalue weighted by Gasteiger charge is -2.26. The maximum absolute atomic E-state index is 5.82. The molecule has 0 spiro atoms. The van der Waals surface area contributed by atoms with E-state index >= 15 is 0 Å². The lowest BCUT2D eigenvalue weighted by atomic mass is 10.1. The lowest BCUT2D eigenvalue weighted by molar-refractivity contribution is 0.205. The number of nitrogens with zero attached hydrogens (tertiary/aromatic N) is 3. The van der Waals surface area contributed by atoms with Crippen molar-refractivity contribution in [3.05, 3.63) is 30.7 Å². The number of hydrogen-bond donors (Lipinski definition) is 0. The number of aromatic nitrogens is 2. The third-order valence-electron chi connectivity index (χ3n) is 3.82. The first-order chi connectivity index (χ1) is 9.92. The van der Waals surface area contributed by atoms with Gasteiger partial charge in [-0.1, -0.05) is 6.42 Å². The number of fused-ring (bicyclic) bond motifs is 1. The molecule has 3 rings (SSSR count). The van der Waals surface area contributed by atoms with Crippen molar-refractivity contribution in [2.45, 2.75) is 25.7 Å². The summed E-state index contributed by atoms with van der Waals surface area (Å²) < 4.78 is 5.82. The summed E-state index contributed by atoms with van der Waals surface area (Å²) in [5.41, 5.74) is 0.938. The van der Waals surface area contributed by atoms with Gasteiger partial charge in [-0.05, 0) is 44.5 Å². The molecule has 0 aliphatic carbocycles. The Bertz CT molecular complexity index is 552. The van der Waals surface area contributed by atoms with E-state index in [1.807, 2.05) is 24.4 Å². The van der Waals surface area contributed by atoms with E-state index in [2.05, 4.69) is 14.9 Å². The van der Waals surface area contributed by atoms with Crippen LogP contribution in [0.1, 0.15) is 25.7 Å². The number of rotatable bonds is 5. The topological polar surface area (TPSA) is 38.2 Å². The Balaban J connectivity index is 1.47. The van der Waals surface area contributed by atoms with Crippen molar-refractivity contribution in [1.29, 1.82) is 0 Å². The molecule has 106 valence electrons. The van der Waals surface area contributed by atoms with Crippen LogP contribution in [-0.4, -0.2) is 41.1 Å². The van der Waals surface area contributed by atoms with Gasteiger partial charge < -0.3 is 9.64 Å². The highest BCUT2D eigenvalue weighted by Crippen LogP contribution is 2.18. The number of likely N-dealkylation sites (tertiary alicyclic amines) is 1. The Labute approximate surface area is 119 Å². The summed E-state index contributed by atoms with van der Waals surface area (Å²) in [5.74, 6) is 0.898. The van der Waals surface area contributed by atoms with E-state index < -0.39 is 0 Å². The Morgan fingerprint density at radius 2 is 2.05 bits per heavy atom. The highest BCUT2D eigenvalue weighted by atomic mass is 16.5. The summed E-state index contributed by atoms with van der Waals surface area (Å²) in [7, 11) is 0. The minimum atomic E-state index is 0.771. The molecule has 1 aliphatic rings. The molecule has 0 N–H and O–H groups in total. The van der Waals surface area contributed by atoms with Gasteiger partial charge in [-0.2, -0.15) is 0 Å². The summed E-state index contributed by atoms with van der Waals surface area (Å²) in [6, 6.07) is 5.99. The number of ether oxygens (including phenoxy) is 1. The zero-order chi connectivity index (χ0) is 13.6. The van der Waals surface area contributed by atoms with Crippen LogP contribution < -0.4 is 4.74 Å².